The van der Waals surface area contributed by atoms with Crippen LogP contribution in [0.5, 0.6) is 0 Å². The van der Waals surface area contributed by atoms with Gasteiger partial charge in [-0.15, -0.1) is 0 Å². The van der Waals surface area contributed by atoms with Crippen LogP contribution in [0.15, 0.2) is 24.3 Å². The molecule has 1 aromatic heterocycles. The molecule has 1 unspecified atom stereocenters. The van der Waals surface area contributed by atoms with E-state index >= 15 is 0 Å². The third-order valence-corrected chi connectivity index (χ3v) is 4.65. The van der Waals surface area contributed by atoms with Gasteiger partial charge in [0, 0.05) is 41.5 Å². The Bertz CT molecular complexity index is 763. The fraction of sp³-hybridized carbons (Fsp3) is 0.412. The van der Waals surface area contributed by atoms with E-state index in [1.54, 1.807) is 24.3 Å². The van der Waals surface area contributed by atoms with Gasteiger partial charge in [-0.3, -0.25) is 5.10 Å². The van der Waals surface area contributed by atoms with Gasteiger partial charge in [-0.1, -0.05) is 17.7 Å². The molecule has 0 saturated carbocycles. The molecule has 0 bridgehead atoms. The number of hydrogen-bond donors (Lipinski definition) is 2. The van der Waals surface area contributed by atoms with E-state index < -0.39 is 0 Å². The van der Waals surface area contributed by atoms with Crippen molar-refractivity contribution < 1.29 is 9.63 Å². The number of hydroxylamine groups is 2. The van der Waals surface area contributed by atoms with Crippen LogP contribution in [-0.2, 0) is 24.3 Å². The molecular weight excluding hydrogens is 342 g/mol. The van der Waals surface area contributed by atoms with Crippen molar-refractivity contribution in [2.45, 2.75) is 32.5 Å². The molecule has 134 valence electrons. The lowest BCUT2D eigenvalue weighted by molar-refractivity contribution is -0.117. The first-order valence-corrected chi connectivity index (χ1v) is 8.49. The molecule has 2 N–H and O–H groups in total. The number of carbonyl (C=O) groups is 1. The number of amides is 2. The molecule has 2 amide bonds. The highest BCUT2D eigenvalue weighted by atomic mass is 35.5. The van der Waals surface area contributed by atoms with Gasteiger partial charge in [0.15, 0.2) is 0 Å². The molecule has 0 spiro atoms. The molecule has 1 atom stereocenters. The maximum absolute atomic E-state index is 12.7. The van der Waals surface area contributed by atoms with Crippen molar-refractivity contribution >= 4 is 23.3 Å². The third kappa shape index (κ3) is 3.95. The van der Waals surface area contributed by atoms with E-state index in [-0.39, 0.29) is 12.1 Å². The number of nitrogens with one attached hydrogen (secondary N) is 2. The fourth-order valence-corrected chi connectivity index (χ4v) is 3.16. The monoisotopic (exact) mass is 363 g/mol. The summed E-state index contributed by atoms with van der Waals surface area (Å²) in [6.07, 6.45) is 0.738. The SMILES string of the molecule is CON(C)Cc1n[nH]c2c1CN(C(=O)Nc1cccc(Cl)c1)C(C)C2. The largest absolute Gasteiger partial charge is 0.322 e. The number of benzene rings is 1. The first-order valence-electron chi connectivity index (χ1n) is 8.11. The highest BCUT2D eigenvalue weighted by Crippen LogP contribution is 2.26. The molecule has 2 heterocycles. The van der Waals surface area contributed by atoms with Gasteiger partial charge in [0.05, 0.1) is 25.9 Å². The zero-order valence-corrected chi connectivity index (χ0v) is 15.3. The standard InChI is InChI=1S/C17H22ClN5O2/c1-11-7-15-14(16(21-20-15)10-22(2)25-3)9-23(11)17(24)19-13-6-4-5-12(18)8-13/h4-6,8,11H,7,9-10H2,1-3H3,(H,19,24)(H,20,21). The van der Waals surface area contributed by atoms with E-state index in [1.807, 2.05) is 31.0 Å². The minimum Gasteiger partial charge on any atom is -0.317 e. The van der Waals surface area contributed by atoms with E-state index in [1.165, 1.54) is 0 Å². The van der Waals surface area contributed by atoms with Crippen molar-refractivity contribution in [1.82, 2.24) is 20.2 Å². The molecule has 0 radical (unpaired) electrons. The summed E-state index contributed by atoms with van der Waals surface area (Å²) < 4.78 is 0. The summed E-state index contributed by atoms with van der Waals surface area (Å²) in [6, 6.07) is 7.06. The number of hydrogen-bond acceptors (Lipinski definition) is 4. The highest BCUT2D eigenvalue weighted by molar-refractivity contribution is 6.30. The number of halogens is 1. The maximum Gasteiger partial charge on any atom is 0.322 e. The van der Waals surface area contributed by atoms with Crippen LogP contribution in [0.2, 0.25) is 5.02 Å². The molecule has 2 aromatic rings. The van der Waals surface area contributed by atoms with Gasteiger partial charge in [-0.05, 0) is 25.1 Å². The number of anilines is 1. The minimum absolute atomic E-state index is 0.0696. The zero-order valence-electron chi connectivity index (χ0n) is 14.5. The Morgan fingerprint density at radius 3 is 3.08 bits per heavy atom. The molecule has 3 rings (SSSR count). The van der Waals surface area contributed by atoms with Crippen molar-refractivity contribution in [2.24, 2.45) is 0 Å². The summed E-state index contributed by atoms with van der Waals surface area (Å²) in [4.78, 5) is 19.7. The average Bonchev–Trinajstić information content (AvgIpc) is 2.95. The Labute approximate surface area is 151 Å². The molecule has 0 saturated heterocycles. The maximum atomic E-state index is 12.7. The van der Waals surface area contributed by atoms with Gasteiger partial charge in [0.25, 0.3) is 0 Å². The summed E-state index contributed by atoms with van der Waals surface area (Å²) in [5, 5.41) is 12.7. The van der Waals surface area contributed by atoms with Gasteiger partial charge < -0.3 is 15.1 Å². The van der Waals surface area contributed by atoms with Crippen LogP contribution in [-0.4, -0.2) is 46.4 Å². The number of aromatic nitrogens is 2. The van der Waals surface area contributed by atoms with Crippen LogP contribution in [0, 0.1) is 0 Å². The first kappa shape index (κ1) is 17.7. The summed E-state index contributed by atoms with van der Waals surface area (Å²) in [7, 11) is 3.46. The predicted octanol–water partition coefficient (Wildman–Crippen LogP) is 3.04. The van der Waals surface area contributed by atoms with E-state index in [0.717, 1.165) is 23.4 Å². The number of H-pyrrole nitrogens is 1. The summed E-state index contributed by atoms with van der Waals surface area (Å²) in [5.74, 6) is 0. The van der Waals surface area contributed by atoms with Crippen molar-refractivity contribution in [3.63, 3.8) is 0 Å². The summed E-state index contributed by atoms with van der Waals surface area (Å²) in [6.45, 7) is 3.09. The zero-order chi connectivity index (χ0) is 18.0. The Hall–Kier alpha value is -2.09. The number of carbonyl (C=O) groups excluding carboxylic acids is 1. The van der Waals surface area contributed by atoms with E-state index in [9.17, 15) is 4.79 Å². The molecule has 1 aliphatic rings. The second-order valence-corrected chi connectivity index (χ2v) is 6.65. The fourth-order valence-electron chi connectivity index (χ4n) is 2.97. The Morgan fingerprint density at radius 1 is 1.56 bits per heavy atom. The van der Waals surface area contributed by atoms with Crippen molar-refractivity contribution in [3.05, 3.63) is 46.2 Å². The third-order valence-electron chi connectivity index (χ3n) is 4.42. The quantitative estimate of drug-likeness (QED) is 0.819. The number of aromatic amines is 1. The average molecular weight is 364 g/mol. The van der Waals surface area contributed by atoms with E-state index in [0.29, 0.717) is 23.8 Å². The molecule has 1 aliphatic heterocycles. The van der Waals surface area contributed by atoms with Crippen LogP contribution in [0.4, 0.5) is 10.5 Å². The molecule has 7 nitrogen and oxygen atoms in total. The van der Waals surface area contributed by atoms with E-state index in [4.69, 9.17) is 16.4 Å². The summed E-state index contributed by atoms with van der Waals surface area (Å²) >= 11 is 5.98. The smallest absolute Gasteiger partial charge is 0.317 e. The second-order valence-electron chi connectivity index (χ2n) is 6.22. The van der Waals surface area contributed by atoms with Gasteiger partial charge in [-0.25, -0.2) is 4.79 Å². The molecular formula is C17H22ClN5O2. The van der Waals surface area contributed by atoms with Gasteiger partial charge in [-0.2, -0.15) is 10.2 Å². The van der Waals surface area contributed by atoms with Gasteiger partial charge >= 0.3 is 6.03 Å². The van der Waals surface area contributed by atoms with Crippen LogP contribution < -0.4 is 5.32 Å². The number of urea groups is 1. The second kappa shape index (κ2) is 7.43. The van der Waals surface area contributed by atoms with Crippen molar-refractivity contribution in [2.75, 3.05) is 19.5 Å². The minimum atomic E-state index is -0.146. The first-order chi connectivity index (χ1) is 12.0. The lowest BCUT2D eigenvalue weighted by Gasteiger charge is -2.33. The lowest BCUT2D eigenvalue weighted by atomic mass is 10.00. The topological polar surface area (TPSA) is 73.5 Å². The number of nitrogens with zero attached hydrogens (tertiary/aromatic N) is 3. The number of fused-ring (bicyclic) bond motifs is 1. The molecule has 8 heteroatoms. The van der Waals surface area contributed by atoms with Gasteiger partial charge in [0.2, 0.25) is 0 Å². The van der Waals surface area contributed by atoms with Crippen LogP contribution >= 0.6 is 11.6 Å². The van der Waals surface area contributed by atoms with Crippen LogP contribution in [0.25, 0.3) is 0 Å². The van der Waals surface area contributed by atoms with Crippen molar-refractivity contribution in [1.29, 1.82) is 0 Å². The number of rotatable bonds is 4. The summed E-state index contributed by atoms with van der Waals surface area (Å²) in [5.41, 5.74) is 3.72. The molecule has 25 heavy (non-hydrogen) atoms. The van der Waals surface area contributed by atoms with Crippen LogP contribution in [0.3, 0.4) is 0 Å². The Kier molecular flexibility index (Phi) is 5.27. The normalized spacial score (nSPS) is 16.8. The predicted molar refractivity (Wildman–Crippen MR) is 96.2 cm³/mol. The van der Waals surface area contributed by atoms with E-state index in [2.05, 4.69) is 15.5 Å². The van der Waals surface area contributed by atoms with Crippen molar-refractivity contribution in [3.8, 4) is 0 Å². The molecule has 0 fully saturated rings. The lowest BCUT2D eigenvalue weighted by Crippen LogP contribution is -2.45. The Balaban J connectivity index is 1.75. The Morgan fingerprint density at radius 2 is 2.36 bits per heavy atom. The van der Waals surface area contributed by atoms with Gasteiger partial charge in [0.1, 0.15) is 0 Å². The highest BCUT2D eigenvalue weighted by Gasteiger charge is 2.30. The molecule has 1 aromatic carbocycles. The van der Waals surface area contributed by atoms with Crippen LogP contribution in [0.1, 0.15) is 23.9 Å². The molecule has 0 aliphatic carbocycles.